The molecule has 230 valence electrons. The van der Waals surface area contributed by atoms with Crippen molar-refractivity contribution < 1.29 is 53.8 Å². The molecule has 5 rings (SSSR count). The number of nitrogens with zero attached hydrogens (tertiary/aromatic N) is 2. The first-order valence-electron chi connectivity index (χ1n) is 13.3. The first-order chi connectivity index (χ1) is 20.5. The summed E-state index contributed by atoms with van der Waals surface area (Å²) in [6, 6.07) is 16.4. The minimum atomic E-state index is -1.26. The number of likely N-dealkylation sites (N-methyl/N-ethyl adjacent to an activating group) is 1. The Labute approximate surface area is 247 Å². The van der Waals surface area contributed by atoms with Crippen LogP contribution in [0.1, 0.15) is 16.7 Å². The summed E-state index contributed by atoms with van der Waals surface area (Å²) in [7, 11) is 2.18. The van der Waals surface area contributed by atoms with Gasteiger partial charge < -0.3 is 39.5 Å². The molecule has 0 aromatic heterocycles. The molecule has 0 aliphatic carbocycles. The Morgan fingerprint density at radius 1 is 0.791 bits per heavy atom. The van der Waals surface area contributed by atoms with Gasteiger partial charge in [-0.2, -0.15) is 0 Å². The van der Waals surface area contributed by atoms with Gasteiger partial charge in [0.2, 0.25) is 5.79 Å². The summed E-state index contributed by atoms with van der Waals surface area (Å²) in [6.45, 7) is 6.41. The summed E-state index contributed by atoms with van der Waals surface area (Å²) in [6.07, 6.45) is 2.28. The zero-order chi connectivity index (χ0) is 31.4. The van der Waals surface area contributed by atoms with Gasteiger partial charge in [-0.3, -0.25) is 4.90 Å². The number of benzene rings is 2. The highest BCUT2D eigenvalue weighted by atomic mass is 16.7. The van der Waals surface area contributed by atoms with Crippen LogP contribution in [0.25, 0.3) is 0 Å². The normalized spacial score (nSPS) is 21.4. The second-order valence-electron chi connectivity index (χ2n) is 9.73. The summed E-state index contributed by atoms with van der Waals surface area (Å²) in [5.41, 5.74) is 3.15. The lowest BCUT2D eigenvalue weighted by molar-refractivity contribution is -0.145. The van der Waals surface area contributed by atoms with Gasteiger partial charge in [0.1, 0.15) is 12.4 Å². The molecule has 0 saturated carbocycles. The molecule has 1 spiro atoms. The van der Waals surface area contributed by atoms with E-state index in [2.05, 4.69) is 41.1 Å². The molecule has 13 nitrogen and oxygen atoms in total. The van der Waals surface area contributed by atoms with Crippen molar-refractivity contribution in [3.8, 4) is 5.75 Å². The molecule has 2 atom stereocenters. The van der Waals surface area contributed by atoms with Gasteiger partial charge in [0.15, 0.2) is 0 Å². The van der Waals surface area contributed by atoms with E-state index < -0.39 is 29.7 Å². The average Bonchev–Trinajstić information content (AvgIpc) is 3.34. The molecule has 2 saturated heterocycles. The third-order valence-electron chi connectivity index (χ3n) is 6.60. The Morgan fingerprint density at radius 3 is 1.86 bits per heavy atom. The van der Waals surface area contributed by atoms with E-state index in [9.17, 15) is 19.2 Å². The lowest BCUT2D eigenvalue weighted by Crippen LogP contribution is -2.47. The van der Waals surface area contributed by atoms with Crippen molar-refractivity contribution in [3.05, 3.63) is 89.5 Å². The number of carboxylic acid groups (broad SMARTS) is 4. The van der Waals surface area contributed by atoms with Crippen molar-refractivity contribution in [2.45, 2.75) is 18.5 Å². The second kappa shape index (κ2) is 15.6. The van der Waals surface area contributed by atoms with Crippen LogP contribution in [0.5, 0.6) is 5.75 Å². The highest BCUT2D eigenvalue weighted by Crippen LogP contribution is 2.47. The number of rotatable bonds is 6. The minimum absolute atomic E-state index is 0.0487. The zero-order valence-corrected chi connectivity index (χ0v) is 23.5. The molecule has 3 aliphatic heterocycles. The molecular weight excluding hydrogens is 564 g/mol. The van der Waals surface area contributed by atoms with E-state index in [1.54, 1.807) is 0 Å². The number of ether oxygens (including phenoxy) is 3. The maximum atomic E-state index is 9.55. The summed E-state index contributed by atoms with van der Waals surface area (Å²) >= 11 is 0. The number of carbonyl (C=O) groups is 4. The molecule has 0 bridgehead atoms. The molecule has 0 radical (unpaired) electrons. The van der Waals surface area contributed by atoms with Crippen LogP contribution in [0.3, 0.4) is 0 Å². The molecule has 3 heterocycles. The smallest absolute Gasteiger partial charge is 0.328 e. The van der Waals surface area contributed by atoms with Crippen molar-refractivity contribution in [3.63, 3.8) is 0 Å². The van der Waals surface area contributed by atoms with Crippen molar-refractivity contribution in [2.75, 3.05) is 46.4 Å². The predicted molar refractivity (Wildman–Crippen MR) is 152 cm³/mol. The average molecular weight is 599 g/mol. The molecule has 3 aliphatic rings. The second-order valence-corrected chi connectivity index (χ2v) is 9.73. The van der Waals surface area contributed by atoms with Gasteiger partial charge in [0, 0.05) is 62.6 Å². The Bertz CT molecular complexity index is 1240. The van der Waals surface area contributed by atoms with E-state index in [-0.39, 0.29) is 6.10 Å². The van der Waals surface area contributed by atoms with Gasteiger partial charge in [-0.1, -0.05) is 36.4 Å². The molecule has 4 N–H and O–H groups in total. The predicted octanol–water partition coefficient (Wildman–Crippen LogP) is 1.87. The van der Waals surface area contributed by atoms with E-state index in [1.807, 2.05) is 24.3 Å². The third-order valence-corrected chi connectivity index (χ3v) is 6.60. The van der Waals surface area contributed by atoms with Gasteiger partial charge in [0.25, 0.3) is 0 Å². The van der Waals surface area contributed by atoms with Crippen molar-refractivity contribution >= 4 is 23.9 Å². The monoisotopic (exact) mass is 598 g/mol. The largest absolute Gasteiger partial charge is 0.488 e. The van der Waals surface area contributed by atoms with E-state index in [0.29, 0.717) is 37.5 Å². The number of piperazine rings is 1. The highest BCUT2D eigenvalue weighted by Gasteiger charge is 2.49. The third kappa shape index (κ3) is 9.75. The summed E-state index contributed by atoms with van der Waals surface area (Å²) in [5, 5.41) is 31.2. The van der Waals surface area contributed by atoms with Gasteiger partial charge in [-0.15, -0.1) is 0 Å². The van der Waals surface area contributed by atoms with Crippen LogP contribution in [0.4, 0.5) is 0 Å². The molecular formula is C30H34N2O11. The van der Waals surface area contributed by atoms with Crippen LogP contribution in [-0.4, -0.2) is 107 Å². The van der Waals surface area contributed by atoms with Crippen LogP contribution in [0.15, 0.2) is 72.8 Å². The fourth-order valence-corrected chi connectivity index (χ4v) is 4.62. The Morgan fingerprint density at radius 2 is 1.30 bits per heavy atom. The maximum Gasteiger partial charge on any atom is 0.328 e. The standard InChI is InChI=1S/C22H26N2O3.2C4H4O4/c1-23-10-12-24(13-11-23)14-18-16-26-22(27-18)19-7-3-2-6-17(19)15-25-21-9-5-4-8-20(21)22;2*5-3(6)1-2-4(7)8/h2-9,18H,10-16H2,1H3;2*1-2H,(H,5,6)(H,7,8)/b;2*2-1+. The summed E-state index contributed by atoms with van der Waals surface area (Å²) in [5.74, 6) is -5.06. The maximum absolute atomic E-state index is 9.55. The zero-order valence-electron chi connectivity index (χ0n) is 23.5. The Hall–Kier alpha value is -4.56. The first-order valence-corrected chi connectivity index (χ1v) is 13.3. The first kappa shape index (κ1) is 32.9. The van der Waals surface area contributed by atoms with Crippen LogP contribution in [0.2, 0.25) is 0 Å². The van der Waals surface area contributed by atoms with Crippen molar-refractivity contribution in [1.82, 2.24) is 9.80 Å². The molecule has 2 fully saturated rings. The van der Waals surface area contributed by atoms with Gasteiger partial charge >= 0.3 is 23.9 Å². The number of hydrogen-bond donors (Lipinski definition) is 4. The van der Waals surface area contributed by atoms with E-state index in [0.717, 1.165) is 55.2 Å². The van der Waals surface area contributed by atoms with E-state index in [4.69, 9.17) is 34.6 Å². The highest BCUT2D eigenvalue weighted by molar-refractivity contribution is 5.90. The van der Waals surface area contributed by atoms with Gasteiger partial charge in [-0.05, 0) is 24.7 Å². The number of aliphatic carboxylic acids is 4. The fraction of sp³-hybridized carbons (Fsp3) is 0.333. The number of hydrogen-bond acceptors (Lipinski definition) is 9. The molecule has 2 aromatic carbocycles. The Kier molecular flexibility index (Phi) is 12.0. The SMILES string of the molecule is CN1CCN(CC2COC3(O2)c2ccccc2COc2ccccc23)CC1.O=C(O)/C=C/C(=O)O.O=C(O)/C=C/C(=O)O. The number of fused-ring (bicyclic) bond motifs is 4. The summed E-state index contributed by atoms with van der Waals surface area (Å²) < 4.78 is 19.2. The molecule has 43 heavy (non-hydrogen) atoms. The minimum Gasteiger partial charge on any atom is -0.488 e. The van der Waals surface area contributed by atoms with Crippen LogP contribution in [-0.2, 0) is 41.0 Å². The van der Waals surface area contributed by atoms with Crippen LogP contribution in [0, 0.1) is 0 Å². The van der Waals surface area contributed by atoms with E-state index >= 15 is 0 Å². The van der Waals surface area contributed by atoms with Crippen LogP contribution < -0.4 is 4.74 Å². The Balaban J connectivity index is 0.000000263. The summed E-state index contributed by atoms with van der Waals surface area (Å²) in [4.78, 5) is 43.1. The quantitative estimate of drug-likeness (QED) is 0.354. The number of para-hydroxylation sites is 1. The topological polar surface area (TPSA) is 183 Å². The lowest BCUT2D eigenvalue weighted by Gasteiger charge is -2.34. The van der Waals surface area contributed by atoms with Crippen LogP contribution >= 0.6 is 0 Å². The molecule has 2 aromatic rings. The number of carboxylic acids is 4. The fourth-order valence-electron chi connectivity index (χ4n) is 4.62. The molecule has 13 heteroatoms. The van der Waals surface area contributed by atoms with Crippen molar-refractivity contribution in [2.24, 2.45) is 0 Å². The van der Waals surface area contributed by atoms with Gasteiger partial charge in [0.05, 0.1) is 18.3 Å². The lowest BCUT2D eigenvalue weighted by atomic mass is 9.93. The van der Waals surface area contributed by atoms with Gasteiger partial charge in [-0.25, -0.2) is 19.2 Å². The molecule has 2 unspecified atom stereocenters. The van der Waals surface area contributed by atoms with Crippen molar-refractivity contribution in [1.29, 1.82) is 0 Å². The van der Waals surface area contributed by atoms with E-state index in [1.165, 1.54) is 0 Å². The molecule has 0 amide bonds.